The number of carboxylic acids is 1. The second-order valence-electron chi connectivity index (χ2n) is 9.57. The molecule has 1 amide bonds. The van der Waals surface area contributed by atoms with E-state index in [9.17, 15) is 27.9 Å². The Bertz CT molecular complexity index is 1340. The summed E-state index contributed by atoms with van der Waals surface area (Å²) >= 11 is 3.46. The molecule has 0 spiro atoms. The van der Waals surface area contributed by atoms with E-state index in [1.807, 2.05) is 25.1 Å². The number of fused-ring (bicyclic) bond motifs is 1. The molecule has 1 atom stereocenters. The van der Waals surface area contributed by atoms with Crippen molar-refractivity contribution in [3.8, 4) is 0 Å². The molecular formula is C28H29BrF3N3O3. The third-order valence-corrected chi connectivity index (χ3v) is 7.46. The molecule has 1 aromatic heterocycles. The lowest BCUT2D eigenvalue weighted by molar-refractivity contribution is -0.138. The molecule has 0 radical (unpaired) electrons. The van der Waals surface area contributed by atoms with Crippen LogP contribution in [0.5, 0.6) is 0 Å². The number of nitrogens with zero attached hydrogens (tertiary/aromatic N) is 2. The van der Waals surface area contributed by atoms with Crippen LogP contribution in [0.25, 0.3) is 10.9 Å². The lowest BCUT2D eigenvalue weighted by atomic mass is 9.89. The first-order chi connectivity index (χ1) is 18.1. The number of carbonyl (C=O) groups excluding carboxylic acids is 1. The maximum absolute atomic E-state index is 13.7. The second kappa shape index (κ2) is 11.7. The zero-order valence-corrected chi connectivity index (χ0v) is 22.5. The summed E-state index contributed by atoms with van der Waals surface area (Å²) < 4.78 is 42.0. The van der Waals surface area contributed by atoms with Gasteiger partial charge in [0.25, 0.3) is 5.91 Å². The van der Waals surface area contributed by atoms with Crippen molar-refractivity contribution in [1.29, 1.82) is 0 Å². The van der Waals surface area contributed by atoms with Gasteiger partial charge in [0.2, 0.25) is 0 Å². The number of nitrogens with one attached hydrogen (secondary N) is 1. The minimum atomic E-state index is -4.60. The van der Waals surface area contributed by atoms with Gasteiger partial charge in [0.1, 0.15) is 5.82 Å². The van der Waals surface area contributed by atoms with Crippen molar-refractivity contribution >= 4 is 44.5 Å². The number of carboxylic acid groups (broad SMARTS) is 1. The summed E-state index contributed by atoms with van der Waals surface area (Å²) in [7, 11) is 0. The number of carbonyl (C=O) groups is 2. The van der Waals surface area contributed by atoms with Crippen molar-refractivity contribution in [3.05, 3.63) is 69.2 Å². The highest BCUT2D eigenvalue weighted by atomic mass is 79.9. The van der Waals surface area contributed by atoms with Crippen LogP contribution in [0.2, 0.25) is 0 Å². The van der Waals surface area contributed by atoms with Gasteiger partial charge in [-0.1, -0.05) is 34.1 Å². The maximum Gasteiger partial charge on any atom is 0.416 e. The fourth-order valence-corrected chi connectivity index (χ4v) is 5.47. The molecule has 0 saturated carbocycles. The van der Waals surface area contributed by atoms with Gasteiger partial charge in [-0.05, 0) is 62.4 Å². The molecule has 0 aliphatic carbocycles. The number of hydrogen-bond donors (Lipinski definition) is 2. The summed E-state index contributed by atoms with van der Waals surface area (Å²) in [6.45, 7) is 3.37. The van der Waals surface area contributed by atoms with Gasteiger partial charge < -0.3 is 15.3 Å². The minimum absolute atomic E-state index is 0.0328. The summed E-state index contributed by atoms with van der Waals surface area (Å²) in [5.74, 6) is -1.65. The third kappa shape index (κ3) is 6.28. The molecule has 1 aliphatic heterocycles. The Morgan fingerprint density at radius 2 is 1.84 bits per heavy atom. The SMILES string of the molecule is Cc1c(N2CCCCC2)nc2ccc(Br)cc2c1C(=O)NC[C@@H](CCC(=O)O)c1ccccc1C(F)(F)F. The maximum atomic E-state index is 13.7. The van der Waals surface area contributed by atoms with E-state index in [1.54, 1.807) is 0 Å². The zero-order chi connectivity index (χ0) is 27.4. The topological polar surface area (TPSA) is 82.5 Å². The van der Waals surface area contributed by atoms with Gasteiger partial charge in [-0.2, -0.15) is 13.2 Å². The first-order valence-corrected chi connectivity index (χ1v) is 13.4. The van der Waals surface area contributed by atoms with Crippen molar-refractivity contribution in [2.24, 2.45) is 0 Å². The highest BCUT2D eigenvalue weighted by Gasteiger charge is 2.35. The molecule has 1 aliphatic rings. The number of hydrogen-bond acceptors (Lipinski definition) is 4. The quantitative estimate of drug-likeness (QED) is 0.305. The normalized spacial score (nSPS) is 14.9. The summed E-state index contributed by atoms with van der Waals surface area (Å²) in [5, 5.41) is 12.7. The van der Waals surface area contributed by atoms with E-state index in [2.05, 4.69) is 26.1 Å². The van der Waals surface area contributed by atoms with Gasteiger partial charge in [0, 0.05) is 47.4 Å². The lowest BCUT2D eigenvalue weighted by Crippen LogP contribution is -2.33. The number of halogens is 4. The van der Waals surface area contributed by atoms with E-state index in [0.29, 0.717) is 22.0 Å². The summed E-state index contributed by atoms with van der Waals surface area (Å²) in [6, 6.07) is 10.6. The van der Waals surface area contributed by atoms with Crippen LogP contribution in [0.3, 0.4) is 0 Å². The Labute approximate surface area is 227 Å². The number of aliphatic carboxylic acids is 1. The number of piperidine rings is 1. The van der Waals surface area contributed by atoms with Crippen molar-refractivity contribution in [3.63, 3.8) is 0 Å². The number of benzene rings is 2. The smallest absolute Gasteiger partial charge is 0.416 e. The Morgan fingerprint density at radius 3 is 2.53 bits per heavy atom. The molecule has 38 heavy (non-hydrogen) atoms. The molecule has 10 heteroatoms. The first kappa shape index (κ1) is 27.9. The highest BCUT2D eigenvalue weighted by Crippen LogP contribution is 2.37. The van der Waals surface area contributed by atoms with Crippen molar-refractivity contribution in [2.75, 3.05) is 24.5 Å². The molecule has 2 aromatic carbocycles. The van der Waals surface area contributed by atoms with E-state index in [-0.39, 0.29) is 24.9 Å². The van der Waals surface area contributed by atoms with Gasteiger partial charge in [0.15, 0.2) is 0 Å². The molecule has 2 heterocycles. The third-order valence-electron chi connectivity index (χ3n) is 6.97. The monoisotopic (exact) mass is 591 g/mol. The average molecular weight is 592 g/mol. The standard InChI is InChI=1S/C28H29BrF3N3O3/c1-17-25(21-15-19(29)10-11-23(21)34-26(17)35-13-5-2-6-14-35)27(38)33-16-18(9-12-24(36)37)20-7-3-4-8-22(20)28(30,31)32/h3-4,7-8,10-11,15,18H,2,5-6,9,12-14,16H2,1H3,(H,33,38)(H,36,37)/t18-/m1/s1. The Balaban J connectivity index is 1.70. The lowest BCUT2D eigenvalue weighted by Gasteiger charge is -2.30. The van der Waals surface area contributed by atoms with Crippen molar-refractivity contribution in [2.45, 2.75) is 51.1 Å². The van der Waals surface area contributed by atoms with Gasteiger partial charge in [-0.15, -0.1) is 0 Å². The molecule has 0 unspecified atom stereocenters. The van der Waals surface area contributed by atoms with Crippen LogP contribution >= 0.6 is 15.9 Å². The summed E-state index contributed by atoms with van der Waals surface area (Å²) in [4.78, 5) is 32.0. The number of anilines is 1. The van der Waals surface area contributed by atoms with Crippen LogP contribution in [0.1, 0.15) is 65.1 Å². The van der Waals surface area contributed by atoms with Gasteiger partial charge in [-0.25, -0.2) is 4.98 Å². The molecule has 0 bridgehead atoms. The summed E-state index contributed by atoms with van der Waals surface area (Å²) in [5.41, 5.74) is 0.904. The van der Waals surface area contributed by atoms with Crippen molar-refractivity contribution < 1.29 is 27.9 Å². The molecular weight excluding hydrogens is 563 g/mol. The van der Waals surface area contributed by atoms with Crippen LogP contribution in [0.4, 0.5) is 19.0 Å². The minimum Gasteiger partial charge on any atom is -0.481 e. The fraction of sp³-hybridized carbons (Fsp3) is 0.393. The fourth-order valence-electron chi connectivity index (χ4n) is 5.10. The second-order valence-corrected chi connectivity index (χ2v) is 10.5. The van der Waals surface area contributed by atoms with Crippen LogP contribution < -0.4 is 10.2 Å². The largest absolute Gasteiger partial charge is 0.481 e. The Morgan fingerprint density at radius 1 is 1.13 bits per heavy atom. The molecule has 6 nitrogen and oxygen atoms in total. The van der Waals surface area contributed by atoms with Gasteiger partial charge in [-0.3, -0.25) is 9.59 Å². The predicted octanol–water partition coefficient (Wildman–Crippen LogP) is 6.69. The van der Waals surface area contributed by atoms with Crippen LogP contribution in [-0.2, 0) is 11.0 Å². The van der Waals surface area contributed by atoms with E-state index in [1.165, 1.54) is 18.2 Å². The van der Waals surface area contributed by atoms with E-state index >= 15 is 0 Å². The highest BCUT2D eigenvalue weighted by molar-refractivity contribution is 9.10. The van der Waals surface area contributed by atoms with Crippen LogP contribution in [0.15, 0.2) is 46.9 Å². The van der Waals surface area contributed by atoms with E-state index in [4.69, 9.17) is 4.98 Å². The van der Waals surface area contributed by atoms with Gasteiger partial charge >= 0.3 is 12.1 Å². The number of rotatable bonds is 8. The number of amides is 1. The molecule has 1 fully saturated rings. The van der Waals surface area contributed by atoms with Gasteiger partial charge in [0.05, 0.1) is 16.6 Å². The van der Waals surface area contributed by atoms with Crippen LogP contribution in [-0.4, -0.2) is 41.6 Å². The predicted molar refractivity (Wildman–Crippen MR) is 144 cm³/mol. The van der Waals surface area contributed by atoms with E-state index in [0.717, 1.165) is 48.7 Å². The molecule has 2 N–H and O–H groups in total. The summed E-state index contributed by atoms with van der Waals surface area (Å²) in [6.07, 6.45) is -1.77. The molecule has 4 rings (SSSR count). The van der Waals surface area contributed by atoms with E-state index < -0.39 is 29.5 Å². The Hall–Kier alpha value is -3.14. The first-order valence-electron chi connectivity index (χ1n) is 12.6. The molecule has 202 valence electrons. The number of pyridine rings is 1. The number of aromatic nitrogens is 1. The molecule has 3 aromatic rings. The van der Waals surface area contributed by atoms with Crippen molar-refractivity contribution in [1.82, 2.24) is 10.3 Å². The average Bonchev–Trinajstić information content (AvgIpc) is 2.88. The zero-order valence-electron chi connectivity index (χ0n) is 20.9. The molecule has 1 saturated heterocycles. The van der Waals surface area contributed by atoms with Crippen LogP contribution in [0, 0.1) is 6.92 Å². The number of alkyl halides is 3. The Kier molecular flexibility index (Phi) is 8.60.